The number of rotatable bonds is 5. The Kier molecular flexibility index (Phi) is 4.72. The fraction of sp³-hybridized carbons (Fsp3) is 0.333. The van der Waals surface area contributed by atoms with Crippen LogP contribution in [0.4, 0.5) is 0 Å². The molecule has 2 N–H and O–H groups in total. The van der Waals surface area contributed by atoms with E-state index in [0.717, 1.165) is 24.7 Å². The minimum absolute atomic E-state index is 0.413. The lowest BCUT2D eigenvalue weighted by Crippen LogP contribution is -2.25. The summed E-state index contributed by atoms with van der Waals surface area (Å²) in [6.07, 6.45) is 2.64. The maximum absolute atomic E-state index is 5.49. The summed E-state index contributed by atoms with van der Waals surface area (Å²) in [4.78, 5) is 4.02. The summed E-state index contributed by atoms with van der Waals surface area (Å²) in [5.41, 5.74) is 7.91. The van der Waals surface area contributed by atoms with E-state index < -0.39 is 0 Å². The van der Waals surface area contributed by atoms with Gasteiger partial charge in [-0.25, -0.2) is 0 Å². The molecule has 1 aliphatic carbocycles. The van der Waals surface area contributed by atoms with E-state index in [1.165, 1.54) is 23.3 Å². The van der Waals surface area contributed by atoms with E-state index in [2.05, 4.69) is 52.5 Å². The second-order valence-electron chi connectivity index (χ2n) is 5.38. The van der Waals surface area contributed by atoms with Crippen LogP contribution in [0.25, 0.3) is 0 Å². The average molecular weight is 296 g/mol. The Hall–Kier alpha value is -1.60. The van der Waals surface area contributed by atoms with Crippen molar-refractivity contribution in [1.82, 2.24) is 4.90 Å². The SMILES string of the molecule is NCC#Cc1ccccc1CN(Cc1cccs1)C1CC1. The molecular weight excluding hydrogens is 276 g/mol. The Morgan fingerprint density at radius 1 is 1.14 bits per heavy atom. The summed E-state index contributed by atoms with van der Waals surface area (Å²) < 4.78 is 0. The highest BCUT2D eigenvalue weighted by molar-refractivity contribution is 7.09. The molecule has 0 unspecified atom stereocenters. The molecule has 0 aliphatic heterocycles. The Bertz CT molecular complexity index is 633. The fourth-order valence-corrected chi connectivity index (χ4v) is 3.23. The molecule has 0 saturated heterocycles. The predicted octanol–water partition coefficient (Wildman–Crippen LogP) is 3.22. The van der Waals surface area contributed by atoms with Crippen LogP contribution >= 0.6 is 11.3 Å². The third-order valence-corrected chi connectivity index (χ3v) is 4.58. The van der Waals surface area contributed by atoms with Gasteiger partial charge in [-0.15, -0.1) is 11.3 Å². The van der Waals surface area contributed by atoms with E-state index in [1.807, 2.05) is 17.4 Å². The van der Waals surface area contributed by atoms with Gasteiger partial charge in [0.2, 0.25) is 0 Å². The van der Waals surface area contributed by atoms with Gasteiger partial charge in [0, 0.05) is 29.6 Å². The molecule has 0 amide bonds. The van der Waals surface area contributed by atoms with Crippen LogP contribution in [-0.2, 0) is 13.1 Å². The molecule has 0 bridgehead atoms. The fourth-order valence-electron chi connectivity index (χ4n) is 2.50. The van der Waals surface area contributed by atoms with Crippen LogP contribution in [0.1, 0.15) is 28.8 Å². The topological polar surface area (TPSA) is 29.3 Å². The highest BCUT2D eigenvalue weighted by Gasteiger charge is 2.29. The van der Waals surface area contributed by atoms with Gasteiger partial charge in [0.1, 0.15) is 0 Å². The summed E-state index contributed by atoms with van der Waals surface area (Å²) in [6.45, 7) is 2.43. The summed E-state index contributed by atoms with van der Waals surface area (Å²) >= 11 is 1.84. The molecule has 0 radical (unpaired) electrons. The number of hydrogen-bond donors (Lipinski definition) is 1. The largest absolute Gasteiger partial charge is 0.320 e. The maximum Gasteiger partial charge on any atom is 0.0555 e. The zero-order valence-electron chi connectivity index (χ0n) is 12.1. The number of nitrogens with two attached hydrogens (primary N) is 1. The van der Waals surface area contributed by atoms with Crippen molar-refractivity contribution in [3.05, 3.63) is 57.8 Å². The second-order valence-corrected chi connectivity index (χ2v) is 6.41. The molecule has 1 aromatic carbocycles. The first-order chi connectivity index (χ1) is 10.4. The molecule has 1 aliphatic rings. The summed E-state index contributed by atoms with van der Waals surface area (Å²) in [7, 11) is 0. The molecule has 1 aromatic heterocycles. The van der Waals surface area contributed by atoms with E-state index in [9.17, 15) is 0 Å². The lowest BCUT2D eigenvalue weighted by atomic mass is 10.1. The van der Waals surface area contributed by atoms with E-state index in [0.29, 0.717) is 6.54 Å². The first-order valence-corrected chi connectivity index (χ1v) is 8.28. The first kappa shape index (κ1) is 14.3. The quantitative estimate of drug-likeness (QED) is 0.858. The van der Waals surface area contributed by atoms with Crippen molar-refractivity contribution < 1.29 is 0 Å². The van der Waals surface area contributed by atoms with Crippen LogP contribution in [0.3, 0.4) is 0 Å². The Morgan fingerprint density at radius 2 is 2.00 bits per heavy atom. The molecule has 1 heterocycles. The van der Waals surface area contributed by atoms with Crippen molar-refractivity contribution in [2.45, 2.75) is 32.0 Å². The smallest absolute Gasteiger partial charge is 0.0555 e. The molecule has 3 heteroatoms. The minimum atomic E-state index is 0.413. The first-order valence-electron chi connectivity index (χ1n) is 7.40. The Morgan fingerprint density at radius 3 is 2.71 bits per heavy atom. The zero-order chi connectivity index (χ0) is 14.5. The molecule has 2 nitrogen and oxygen atoms in total. The van der Waals surface area contributed by atoms with Gasteiger partial charge in [-0.2, -0.15) is 0 Å². The van der Waals surface area contributed by atoms with Crippen LogP contribution in [-0.4, -0.2) is 17.5 Å². The van der Waals surface area contributed by atoms with Gasteiger partial charge >= 0.3 is 0 Å². The lowest BCUT2D eigenvalue weighted by molar-refractivity contribution is 0.248. The van der Waals surface area contributed by atoms with E-state index in [1.54, 1.807) is 0 Å². The van der Waals surface area contributed by atoms with Gasteiger partial charge in [-0.05, 0) is 35.9 Å². The molecule has 2 aromatic rings. The van der Waals surface area contributed by atoms with Gasteiger partial charge in [0.05, 0.1) is 6.54 Å². The van der Waals surface area contributed by atoms with Crippen molar-refractivity contribution in [3.63, 3.8) is 0 Å². The van der Waals surface area contributed by atoms with E-state index in [4.69, 9.17) is 5.73 Å². The molecule has 108 valence electrons. The van der Waals surface area contributed by atoms with Gasteiger partial charge in [-0.3, -0.25) is 4.90 Å². The van der Waals surface area contributed by atoms with Crippen molar-refractivity contribution in [2.24, 2.45) is 5.73 Å². The standard InChI is InChI=1S/C18H20N2S/c19-11-3-7-15-5-1-2-6-16(15)13-20(17-9-10-17)14-18-8-4-12-21-18/h1-2,4-6,8,12,17H,9-11,13-14,19H2. The van der Waals surface area contributed by atoms with Crippen LogP contribution in [0.5, 0.6) is 0 Å². The summed E-state index contributed by atoms with van der Waals surface area (Å²) in [5, 5.41) is 2.15. The van der Waals surface area contributed by atoms with Crippen LogP contribution in [0, 0.1) is 11.8 Å². The molecule has 0 atom stereocenters. The number of nitrogens with zero attached hydrogens (tertiary/aromatic N) is 1. The van der Waals surface area contributed by atoms with Crippen molar-refractivity contribution >= 4 is 11.3 Å². The minimum Gasteiger partial charge on any atom is -0.320 e. The third kappa shape index (κ3) is 3.95. The number of hydrogen-bond acceptors (Lipinski definition) is 3. The number of benzene rings is 1. The highest BCUT2D eigenvalue weighted by atomic mass is 32.1. The highest BCUT2D eigenvalue weighted by Crippen LogP contribution is 2.31. The van der Waals surface area contributed by atoms with Crippen LogP contribution < -0.4 is 5.73 Å². The summed E-state index contributed by atoms with van der Waals surface area (Å²) in [6, 6.07) is 13.5. The molecular formula is C18H20N2S. The molecule has 3 rings (SSSR count). The molecule has 1 fully saturated rings. The van der Waals surface area contributed by atoms with Gasteiger partial charge in [0.25, 0.3) is 0 Å². The maximum atomic E-state index is 5.49. The van der Waals surface area contributed by atoms with E-state index >= 15 is 0 Å². The molecule has 0 spiro atoms. The Labute approximate surface area is 130 Å². The monoisotopic (exact) mass is 296 g/mol. The van der Waals surface area contributed by atoms with Crippen LogP contribution in [0.2, 0.25) is 0 Å². The number of thiophene rings is 1. The summed E-state index contributed by atoms with van der Waals surface area (Å²) in [5.74, 6) is 6.17. The predicted molar refractivity (Wildman–Crippen MR) is 89.0 cm³/mol. The Balaban J connectivity index is 1.76. The third-order valence-electron chi connectivity index (χ3n) is 3.72. The van der Waals surface area contributed by atoms with Crippen molar-refractivity contribution in [2.75, 3.05) is 6.54 Å². The van der Waals surface area contributed by atoms with Gasteiger partial charge in [0.15, 0.2) is 0 Å². The molecule has 21 heavy (non-hydrogen) atoms. The van der Waals surface area contributed by atoms with Crippen molar-refractivity contribution in [1.29, 1.82) is 0 Å². The zero-order valence-corrected chi connectivity index (χ0v) is 12.9. The van der Waals surface area contributed by atoms with Gasteiger partial charge < -0.3 is 5.73 Å². The second kappa shape index (κ2) is 6.91. The lowest BCUT2D eigenvalue weighted by Gasteiger charge is -2.22. The van der Waals surface area contributed by atoms with Gasteiger partial charge in [-0.1, -0.05) is 36.1 Å². The normalized spacial score (nSPS) is 14.0. The van der Waals surface area contributed by atoms with Crippen molar-refractivity contribution in [3.8, 4) is 11.8 Å². The molecule has 1 saturated carbocycles. The van der Waals surface area contributed by atoms with Crippen LogP contribution in [0.15, 0.2) is 41.8 Å². The average Bonchev–Trinajstić information content (AvgIpc) is 3.23. The van der Waals surface area contributed by atoms with E-state index in [-0.39, 0.29) is 0 Å².